The van der Waals surface area contributed by atoms with E-state index in [9.17, 15) is 4.39 Å². The Hall–Kier alpha value is -0.785. The number of aryl methyl sites for hydroxylation is 1. The van der Waals surface area contributed by atoms with Gasteiger partial charge in [0.25, 0.3) is 0 Å². The van der Waals surface area contributed by atoms with Crippen LogP contribution < -0.4 is 5.46 Å². The maximum Gasteiger partial charge on any atom is 0.139 e. The summed E-state index contributed by atoms with van der Waals surface area (Å²) in [5.41, 5.74) is 1.78. The van der Waals surface area contributed by atoms with Gasteiger partial charge in [0.1, 0.15) is 13.7 Å². The van der Waals surface area contributed by atoms with E-state index >= 15 is 0 Å². The van der Waals surface area contributed by atoms with Crippen molar-refractivity contribution in [1.82, 2.24) is 0 Å². The van der Waals surface area contributed by atoms with Gasteiger partial charge in [-0.25, -0.2) is 4.39 Å². The molecule has 2 heteroatoms. The second kappa shape index (κ2) is 2.87. The second-order valence-electron chi connectivity index (χ2n) is 2.45. The van der Waals surface area contributed by atoms with Gasteiger partial charge >= 0.3 is 0 Å². The molecule has 0 aliphatic heterocycles. The Bertz CT molecular complexity index is 233. The summed E-state index contributed by atoms with van der Waals surface area (Å²) in [4.78, 5) is 0. The number of halogens is 1. The minimum atomic E-state index is -0.0810. The van der Waals surface area contributed by atoms with Crippen molar-refractivity contribution >= 4 is 13.3 Å². The zero-order chi connectivity index (χ0) is 7.56. The second-order valence-corrected chi connectivity index (χ2v) is 2.45. The molecule has 0 fully saturated rings. The van der Waals surface area contributed by atoms with Crippen molar-refractivity contribution in [2.75, 3.05) is 0 Å². The molecular formula is C8H10BF. The summed E-state index contributed by atoms with van der Waals surface area (Å²) in [6.45, 7) is 1.95. The van der Waals surface area contributed by atoms with Gasteiger partial charge in [0.15, 0.2) is 0 Å². The fourth-order valence-electron chi connectivity index (χ4n) is 0.939. The lowest BCUT2D eigenvalue weighted by molar-refractivity contribution is 0.613. The first-order valence-corrected chi connectivity index (χ1v) is 3.49. The number of benzene rings is 1. The topological polar surface area (TPSA) is 0 Å². The van der Waals surface area contributed by atoms with Crippen molar-refractivity contribution in [3.63, 3.8) is 0 Å². The first-order valence-electron chi connectivity index (χ1n) is 3.49. The average Bonchev–Trinajstić information content (AvgIpc) is 1.88. The molecule has 0 saturated heterocycles. The Morgan fingerprint density at radius 3 is 2.70 bits per heavy atom. The van der Waals surface area contributed by atoms with E-state index in [0.29, 0.717) is 0 Å². The molecule has 0 N–H and O–H groups in total. The van der Waals surface area contributed by atoms with Crippen molar-refractivity contribution in [1.29, 1.82) is 0 Å². The molecule has 0 aliphatic rings. The van der Waals surface area contributed by atoms with E-state index in [4.69, 9.17) is 0 Å². The van der Waals surface area contributed by atoms with Crippen LogP contribution >= 0.6 is 0 Å². The van der Waals surface area contributed by atoms with Crippen LogP contribution in [-0.2, 0) is 6.42 Å². The summed E-state index contributed by atoms with van der Waals surface area (Å²) in [6, 6.07) is 5.34. The van der Waals surface area contributed by atoms with Gasteiger partial charge in [0.05, 0.1) is 0 Å². The Balaban J connectivity index is 3.07. The summed E-state index contributed by atoms with van der Waals surface area (Å²) in [7, 11) is 1.89. The van der Waals surface area contributed by atoms with Gasteiger partial charge in [0, 0.05) is 0 Å². The summed E-state index contributed by atoms with van der Waals surface area (Å²) < 4.78 is 12.9. The molecule has 0 amide bonds. The highest BCUT2D eigenvalue weighted by Crippen LogP contribution is 2.04. The van der Waals surface area contributed by atoms with E-state index in [1.54, 1.807) is 6.07 Å². The lowest BCUT2D eigenvalue weighted by Crippen LogP contribution is -2.03. The Morgan fingerprint density at radius 2 is 2.20 bits per heavy atom. The molecule has 0 unspecified atom stereocenters. The summed E-state index contributed by atoms with van der Waals surface area (Å²) in [5.74, 6) is -0.0810. The van der Waals surface area contributed by atoms with Crippen LogP contribution in [0.3, 0.4) is 0 Å². The SMILES string of the molecule is Bc1ccc(CC)c(F)c1. The zero-order valence-electron chi connectivity index (χ0n) is 6.32. The molecule has 0 saturated carbocycles. The number of hydrogen-bond acceptors (Lipinski definition) is 0. The Morgan fingerprint density at radius 1 is 1.50 bits per heavy atom. The number of hydrogen-bond donors (Lipinski definition) is 0. The third-order valence-corrected chi connectivity index (χ3v) is 1.59. The molecule has 1 aromatic rings. The van der Waals surface area contributed by atoms with Crippen LogP contribution in [0.2, 0.25) is 0 Å². The molecule has 0 nitrogen and oxygen atoms in total. The highest BCUT2D eigenvalue weighted by molar-refractivity contribution is 6.32. The molecule has 1 rings (SSSR count). The van der Waals surface area contributed by atoms with Crippen LogP contribution in [0.15, 0.2) is 18.2 Å². The smallest absolute Gasteiger partial charge is 0.139 e. The van der Waals surface area contributed by atoms with Crippen LogP contribution in [0.5, 0.6) is 0 Å². The van der Waals surface area contributed by atoms with Gasteiger partial charge in [-0.1, -0.05) is 24.5 Å². The van der Waals surface area contributed by atoms with Crippen molar-refractivity contribution in [3.8, 4) is 0 Å². The van der Waals surface area contributed by atoms with E-state index in [2.05, 4.69) is 0 Å². The number of rotatable bonds is 1. The fraction of sp³-hybridized carbons (Fsp3) is 0.250. The maximum atomic E-state index is 12.9. The quantitative estimate of drug-likeness (QED) is 0.497. The molecule has 0 heterocycles. The molecule has 0 spiro atoms. The lowest BCUT2D eigenvalue weighted by Gasteiger charge is -1.98. The summed E-state index contributed by atoms with van der Waals surface area (Å²) in [5, 5.41) is 0. The van der Waals surface area contributed by atoms with Crippen molar-refractivity contribution < 1.29 is 4.39 Å². The standard InChI is InChI=1S/C8H10BF/c1-2-6-3-4-7(9)5-8(6)10/h3-5H,2,9H2,1H3. The predicted octanol–water partition coefficient (Wildman–Crippen LogP) is 0.647. The molecular weight excluding hydrogens is 126 g/mol. The van der Waals surface area contributed by atoms with E-state index in [-0.39, 0.29) is 5.82 Å². The van der Waals surface area contributed by atoms with Gasteiger partial charge in [0.2, 0.25) is 0 Å². The lowest BCUT2D eigenvalue weighted by atomic mass is 9.94. The largest absolute Gasteiger partial charge is 0.207 e. The van der Waals surface area contributed by atoms with Crippen molar-refractivity contribution in [2.24, 2.45) is 0 Å². The van der Waals surface area contributed by atoms with E-state index in [0.717, 1.165) is 17.4 Å². The first-order chi connectivity index (χ1) is 4.74. The van der Waals surface area contributed by atoms with Crippen LogP contribution in [0.1, 0.15) is 12.5 Å². The molecule has 0 aliphatic carbocycles. The molecule has 0 atom stereocenters. The zero-order valence-corrected chi connectivity index (χ0v) is 6.32. The normalized spacial score (nSPS) is 9.80. The third kappa shape index (κ3) is 1.38. The molecule has 10 heavy (non-hydrogen) atoms. The molecule has 0 radical (unpaired) electrons. The van der Waals surface area contributed by atoms with E-state index < -0.39 is 0 Å². The predicted molar refractivity (Wildman–Crippen MR) is 44.0 cm³/mol. The summed E-state index contributed by atoms with van der Waals surface area (Å²) in [6.07, 6.45) is 0.770. The van der Waals surface area contributed by atoms with Crippen molar-refractivity contribution in [2.45, 2.75) is 13.3 Å². The van der Waals surface area contributed by atoms with Gasteiger partial charge in [-0.05, 0) is 18.1 Å². The average molecular weight is 136 g/mol. The highest BCUT2D eigenvalue weighted by Gasteiger charge is 1.97. The fourth-order valence-corrected chi connectivity index (χ4v) is 0.939. The van der Waals surface area contributed by atoms with Crippen molar-refractivity contribution in [3.05, 3.63) is 29.6 Å². The van der Waals surface area contributed by atoms with Crippen LogP contribution in [0.25, 0.3) is 0 Å². The first kappa shape index (κ1) is 7.32. The van der Waals surface area contributed by atoms with E-state index in [1.165, 1.54) is 0 Å². The Kier molecular flexibility index (Phi) is 2.10. The minimum absolute atomic E-state index is 0.0810. The van der Waals surface area contributed by atoms with Crippen LogP contribution in [-0.4, -0.2) is 7.85 Å². The van der Waals surface area contributed by atoms with Crippen LogP contribution in [0.4, 0.5) is 4.39 Å². The molecule has 0 aromatic heterocycles. The Labute approximate surface area is 61.5 Å². The van der Waals surface area contributed by atoms with E-state index in [1.807, 2.05) is 26.9 Å². The minimum Gasteiger partial charge on any atom is -0.207 e. The summed E-state index contributed by atoms with van der Waals surface area (Å²) >= 11 is 0. The van der Waals surface area contributed by atoms with Gasteiger partial charge in [-0.15, -0.1) is 0 Å². The monoisotopic (exact) mass is 136 g/mol. The van der Waals surface area contributed by atoms with Crippen LogP contribution in [0, 0.1) is 5.82 Å². The molecule has 52 valence electrons. The van der Waals surface area contributed by atoms with Gasteiger partial charge < -0.3 is 0 Å². The van der Waals surface area contributed by atoms with Gasteiger partial charge in [-0.3, -0.25) is 0 Å². The highest BCUT2D eigenvalue weighted by atomic mass is 19.1. The van der Waals surface area contributed by atoms with Gasteiger partial charge in [-0.2, -0.15) is 0 Å². The maximum absolute atomic E-state index is 12.9. The molecule has 1 aromatic carbocycles. The third-order valence-electron chi connectivity index (χ3n) is 1.59. The molecule has 0 bridgehead atoms.